The first-order chi connectivity index (χ1) is 17.6. The molecule has 2 aromatic carbocycles. The second-order valence-corrected chi connectivity index (χ2v) is 8.66. The van der Waals surface area contributed by atoms with E-state index in [0.29, 0.717) is 42.3 Å². The Morgan fingerprint density at radius 1 is 0.919 bits per heavy atom. The number of rotatable bonds is 9. The van der Waals surface area contributed by atoms with Gasteiger partial charge < -0.3 is 19.5 Å². The number of nitrogens with one attached hydrogen (secondary N) is 1. The van der Waals surface area contributed by atoms with Gasteiger partial charge in [-0.2, -0.15) is 13.2 Å². The van der Waals surface area contributed by atoms with Gasteiger partial charge in [0, 0.05) is 43.5 Å². The number of hydrogen-bond donors (Lipinski definition) is 1. The van der Waals surface area contributed by atoms with Crippen LogP contribution in [0.15, 0.2) is 59.1 Å². The van der Waals surface area contributed by atoms with Crippen LogP contribution in [0.1, 0.15) is 17.7 Å². The highest BCUT2D eigenvalue weighted by atomic mass is 19.4. The van der Waals surface area contributed by atoms with Crippen molar-refractivity contribution in [2.45, 2.75) is 25.5 Å². The van der Waals surface area contributed by atoms with Gasteiger partial charge in [0.2, 0.25) is 0 Å². The van der Waals surface area contributed by atoms with Crippen LogP contribution >= 0.6 is 0 Å². The van der Waals surface area contributed by atoms with Crippen LogP contribution in [0.3, 0.4) is 0 Å². The number of ether oxygens (including phenoxy) is 1. The maximum absolute atomic E-state index is 13.0. The number of hydrogen-bond acceptors (Lipinski definition) is 6. The minimum Gasteiger partial charge on any atom is -0.406 e. The van der Waals surface area contributed by atoms with E-state index in [-0.39, 0.29) is 5.75 Å². The van der Waals surface area contributed by atoms with Crippen molar-refractivity contribution in [2.24, 2.45) is 0 Å². The summed E-state index contributed by atoms with van der Waals surface area (Å²) in [7, 11) is 0. The van der Waals surface area contributed by atoms with Crippen LogP contribution in [0, 0.1) is 0 Å². The molecule has 2 heterocycles. The standard InChI is InChI=1S/C25H26F6N4O2/c26-24(27,28)19-3-1-4-20(15-19)35-13-11-34(12-14-35)10-2-9-32-17-22-16-23(33-37-22)18-5-7-21(8-6-18)36-25(29,30)31/h1,3-8,15-16,32H,2,9-14,17H2. The van der Waals surface area contributed by atoms with Gasteiger partial charge in [-0.1, -0.05) is 11.2 Å². The van der Waals surface area contributed by atoms with E-state index in [4.69, 9.17) is 4.52 Å². The van der Waals surface area contributed by atoms with Gasteiger partial charge in [-0.25, -0.2) is 0 Å². The topological polar surface area (TPSA) is 53.8 Å². The Kier molecular flexibility index (Phi) is 8.28. The van der Waals surface area contributed by atoms with E-state index in [9.17, 15) is 26.3 Å². The average Bonchev–Trinajstić information content (AvgIpc) is 3.32. The fourth-order valence-electron chi connectivity index (χ4n) is 4.11. The van der Waals surface area contributed by atoms with Gasteiger partial charge in [-0.3, -0.25) is 4.90 Å². The summed E-state index contributed by atoms with van der Waals surface area (Å²) in [5.74, 6) is 0.291. The van der Waals surface area contributed by atoms with Gasteiger partial charge in [0.1, 0.15) is 11.4 Å². The highest BCUT2D eigenvalue weighted by molar-refractivity contribution is 5.59. The van der Waals surface area contributed by atoms with Gasteiger partial charge in [-0.15, -0.1) is 13.2 Å². The molecule has 37 heavy (non-hydrogen) atoms. The number of piperazine rings is 1. The summed E-state index contributed by atoms with van der Waals surface area (Å²) in [5, 5.41) is 7.23. The van der Waals surface area contributed by atoms with Crippen LogP contribution in [0.25, 0.3) is 11.3 Å². The lowest BCUT2D eigenvalue weighted by Crippen LogP contribution is -2.47. The summed E-state index contributed by atoms with van der Waals surface area (Å²) in [4.78, 5) is 4.26. The smallest absolute Gasteiger partial charge is 0.406 e. The number of halogens is 6. The van der Waals surface area contributed by atoms with Crippen LogP contribution in [0.4, 0.5) is 32.0 Å². The lowest BCUT2D eigenvalue weighted by molar-refractivity contribution is -0.274. The van der Waals surface area contributed by atoms with E-state index in [0.717, 1.165) is 38.7 Å². The average molecular weight is 528 g/mol. The molecule has 0 bridgehead atoms. The molecule has 0 radical (unpaired) electrons. The third-order valence-corrected chi connectivity index (χ3v) is 5.98. The molecule has 1 aromatic heterocycles. The summed E-state index contributed by atoms with van der Waals surface area (Å²) in [6.45, 7) is 4.91. The summed E-state index contributed by atoms with van der Waals surface area (Å²) >= 11 is 0. The van der Waals surface area contributed by atoms with Crippen LogP contribution in [0.5, 0.6) is 5.75 Å². The third-order valence-electron chi connectivity index (χ3n) is 5.98. The van der Waals surface area contributed by atoms with Crippen LogP contribution < -0.4 is 15.0 Å². The fraction of sp³-hybridized carbons (Fsp3) is 0.400. The molecule has 0 aliphatic carbocycles. The maximum atomic E-state index is 13.0. The van der Waals surface area contributed by atoms with Crippen molar-refractivity contribution < 1.29 is 35.6 Å². The van der Waals surface area contributed by atoms with Crippen molar-refractivity contribution in [3.05, 3.63) is 65.9 Å². The molecule has 0 atom stereocenters. The molecule has 1 fully saturated rings. The zero-order valence-electron chi connectivity index (χ0n) is 19.8. The zero-order valence-corrected chi connectivity index (χ0v) is 19.8. The molecule has 1 aliphatic rings. The summed E-state index contributed by atoms with van der Waals surface area (Å²) < 4.78 is 84.9. The molecule has 0 saturated carbocycles. The largest absolute Gasteiger partial charge is 0.573 e. The van der Waals surface area contributed by atoms with E-state index in [1.165, 1.54) is 36.4 Å². The van der Waals surface area contributed by atoms with Gasteiger partial charge in [0.15, 0.2) is 5.76 Å². The monoisotopic (exact) mass is 528 g/mol. The third kappa shape index (κ3) is 7.86. The van der Waals surface area contributed by atoms with Crippen molar-refractivity contribution >= 4 is 5.69 Å². The first-order valence-electron chi connectivity index (χ1n) is 11.7. The Labute approximate surface area is 209 Å². The number of alkyl halides is 6. The first-order valence-corrected chi connectivity index (χ1v) is 11.7. The fourth-order valence-corrected chi connectivity index (χ4v) is 4.11. The van der Waals surface area contributed by atoms with Crippen LogP contribution in [-0.2, 0) is 12.7 Å². The Balaban J connectivity index is 1.15. The van der Waals surface area contributed by atoms with Crippen LogP contribution in [0.2, 0.25) is 0 Å². The second kappa shape index (κ2) is 11.4. The maximum Gasteiger partial charge on any atom is 0.573 e. The lowest BCUT2D eigenvalue weighted by Gasteiger charge is -2.36. The first kappa shape index (κ1) is 26.8. The minimum absolute atomic E-state index is 0.307. The van der Waals surface area contributed by atoms with Gasteiger partial charge in [0.05, 0.1) is 12.1 Å². The van der Waals surface area contributed by atoms with E-state index >= 15 is 0 Å². The van der Waals surface area contributed by atoms with Crippen LogP contribution in [-0.4, -0.2) is 55.7 Å². The Hall–Kier alpha value is -3.25. The van der Waals surface area contributed by atoms with Crippen molar-refractivity contribution in [3.63, 3.8) is 0 Å². The molecule has 1 saturated heterocycles. The van der Waals surface area contributed by atoms with Crippen molar-refractivity contribution in [3.8, 4) is 17.0 Å². The molecule has 1 N–H and O–H groups in total. The Bertz CT molecular complexity index is 1140. The molecule has 6 nitrogen and oxygen atoms in total. The van der Waals surface area contributed by atoms with Gasteiger partial charge in [-0.05, 0) is 62.0 Å². The second-order valence-electron chi connectivity index (χ2n) is 8.66. The molecule has 3 aromatic rings. The molecule has 0 amide bonds. The number of nitrogens with zero attached hydrogens (tertiary/aromatic N) is 3. The van der Waals surface area contributed by atoms with Crippen molar-refractivity contribution in [1.29, 1.82) is 0 Å². The van der Waals surface area contributed by atoms with Gasteiger partial charge in [0.25, 0.3) is 0 Å². The minimum atomic E-state index is -4.74. The predicted octanol–water partition coefficient (Wildman–Crippen LogP) is 5.56. The number of benzene rings is 2. The summed E-state index contributed by atoms with van der Waals surface area (Å²) in [6.07, 6.45) is -8.21. The molecule has 0 unspecified atom stereocenters. The van der Waals surface area contributed by atoms with E-state index in [2.05, 4.69) is 20.1 Å². The van der Waals surface area contributed by atoms with E-state index in [1.807, 2.05) is 4.90 Å². The zero-order chi connectivity index (χ0) is 26.5. The molecule has 0 spiro atoms. The molecule has 1 aliphatic heterocycles. The van der Waals surface area contributed by atoms with Gasteiger partial charge >= 0.3 is 12.5 Å². The molecular formula is C25H26F6N4O2. The Morgan fingerprint density at radius 3 is 2.32 bits per heavy atom. The quantitative estimate of drug-likeness (QED) is 0.290. The highest BCUT2D eigenvalue weighted by Gasteiger charge is 2.32. The SMILES string of the molecule is FC(F)(F)Oc1ccc(-c2cc(CNCCCN3CCN(c4cccc(C(F)(F)F)c4)CC3)on2)cc1. The number of anilines is 1. The molecule has 12 heteroatoms. The van der Waals surface area contributed by atoms with E-state index < -0.39 is 18.1 Å². The summed E-state index contributed by atoms with van der Waals surface area (Å²) in [5.41, 5.74) is 1.07. The highest BCUT2D eigenvalue weighted by Crippen LogP contribution is 2.32. The Morgan fingerprint density at radius 2 is 1.65 bits per heavy atom. The van der Waals surface area contributed by atoms with Crippen molar-refractivity contribution in [1.82, 2.24) is 15.4 Å². The van der Waals surface area contributed by atoms with Crippen molar-refractivity contribution in [2.75, 3.05) is 44.2 Å². The summed E-state index contributed by atoms with van der Waals surface area (Å²) in [6, 6.07) is 12.5. The van der Waals surface area contributed by atoms with E-state index in [1.54, 1.807) is 12.1 Å². The lowest BCUT2D eigenvalue weighted by atomic mass is 10.1. The predicted molar refractivity (Wildman–Crippen MR) is 125 cm³/mol. The molecule has 200 valence electrons. The molecule has 4 rings (SSSR count). The normalized spacial score (nSPS) is 15.2. The molecular weight excluding hydrogens is 502 g/mol. The number of aromatic nitrogens is 1.